The molecule has 0 aliphatic rings. The van der Waals surface area contributed by atoms with Crippen molar-refractivity contribution < 1.29 is 59.2 Å². The van der Waals surface area contributed by atoms with Gasteiger partial charge in [0.05, 0.1) is 38.0 Å². The third-order valence-electron chi connectivity index (χ3n) is 7.05. The maximum absolute atomic E-state index is 12.2. The van der Waals surface area contributed by atoms with Crippen molar-refractivity contribution >= 4 is 17.9 Å². The Hall–Kier alpha value is -5.13. The highest BCUT2D eigenvalue weighted by Crippen LogP contribution is 2.44. The SMILES string of the molecule is COc1c(O)ccc(C(=O)O)c1CCCCC(Cc1c(C(=O)O)ccc(O)c1OC)c1c(C(=O)O)ccc(O)c1OC. The molecular weight excluding hydrogens is 552 g/mol. The zero-order valence-corrected chi connectivity index (χ0v) is 23.2. The van der Waals surface area contributed by atoms with Crippen LogP contribution in [-0.2, 0) is 12.8 Å². The number of phenols is 3. The van der Waals surface area contributed by atoms with Crippen molar-refractivity contribution in [2.45, 2.75) is 38.0 Å². The molecule has 0 amide bonds. The summed E-state index contributed by atoms with van der Waals surface area (Å²) < 4.78 is 15.9. The van der Waals surface area contributed by atoms with E-state index in [1.165, 1.54) is 57.7 Å². The van der Waals surface area contributed by atoms with Crippen LogP contribution in [0.2, 0.25) is 0 Å². The van der Waals surface area contributed by atoms with Gasteiger partial charge in [0.1, 0.15) is 0 Å². The van der Waals surface area contributed by atoms with E-state index < -0.39 is 23.8 Å². The van der Waals surface area contributed by atoms with Crippen molar-refractivity contribution in [1.82, 2.24) is 0 Å². The van der Waals surface area contributed by atoms with E-state index >= 15 is 0 Å². The summed E-state index contributed by atoms with van der Waals surface area (Å²) in [5.41, 5.74) is 0.132. The second-order valence-electron chi connectivity index (χ2n) is 9.43. The van der Waals surface area contributed by atoms with Crippen LogP contribution >= 0.6 is 0 Å². The van der Waals surface area contributed by atoms with E-state index in [0.717, 1.165) is 0 Å². The van der Waals surface area contributed by atoms with Crippen molar-refractivity contribution in [3.63, 3.8) is 0 Å². The van der Waals surface area contributed by atoms with Gasteiger partial charge in [0.15, 0.2) is 34.5 Å². The molecule has 0 spiro atoms. The average molecular weight is 585 g/mol. The summed E-state index contributed by atoms with van der Waals surface area (Å²) in [5.74, 6) is -5.57. The normalized spacial score (nSPS) is 11.5. The molecule has 224 valence electrons. The molecule has 6 N–H and O–H groups in total. The summed E-state index contributed by atoms with van der Waals surface area (Å²) >= 11 is 0. The molecule has 12 nitrogen and oxygen atoms in total. The number of rotatable bonds is 14. The first-order chi connectivity index (χ1) is 20.0. The zero-order valence-electron chi connectivity index (χ0n) is 23.2. The monoisotopic (exact) mass is 584 g/mol. The summed E-state index contributed by atoms with van der Waals surface area (Å²) in [6.07, 6.45) is 1.02. The Morgan fingerprint density at radius 1 is 0.619 bits per heavy atom. The number of unbranched alkanes of at least 4 members (excludes halogenated alkanes) is 1. The van der Waals surface area contributed by atoms with Gasteiger partial charge in [-0.2, -0.15) is 0 Å². The first-order valence-corrected chi connectivity index (χ1v) is 12.8. The average Bonchev–Trinajstić information content (AvgIpc) is 2.94. The third kappa shape index (κ3) is 6.43. The highest BCUT2D eigenvalue weighted by molar-refractivity contribution is 5.92. The van der Waals surface area contributed by atoms with E-state index in [9.17, 15) is 45.0 Å². The number of phenolic OH excluding ortho intramolecular Hbond substituents is 3. The van der Waals surface area contributed by atoms with Crippen molar-refractivity contribution in [1.29, 1.82) is 0 Å². The van der Waals surface area contributed by atoms with Crippen LogP contribution in [0.1, 0.15) is 72.9 Å². The lowest BCUT2D eigenvalue weighted by molar-refractivity contribution is 0.0682. The number of carbonyl (C=O) groups is 3. The molecule has 0 saturated carbocycles. The van der Waals surface area contributed by atoms with Gasteiger partial charge in [0.25, 0.3) is 0 Å². The van der Waals surface area contributed by atoms with Crippen LogP contribution in [0.3, 0.4) is 0 Å². The Balaban J connectivity index is 2.08. The molecule has 42 heavy (non-hydrogen) atoms. The third-order valence-corrected chi connectivity index (χ3v) is 7.05. The zero-order chi connectivity index (χ0) is 31.1. The highest BCUT2D eigenvalue weighted by Gasteiger charge is 2.29. The van der Waals surface area contributed by atoms with E-state index in [1.54, 1.807) is 0 Å². The number of aromatic carboxylic acids is 3. The number of aromatic hydroxyl groups is 3. The summed E-state index contributed by atoms with van der Waals surface area (Å²) in [6, 6.07) is 7.30. The van der Waals surface area contributed by atoms with E-state index in [4.69, 9.17) is 14.2 Å². The Morgan fingerprint density at radius 3 is 1.52 bits per heavy atom. The van der Waals surface area contributed by atoms with Crippen LogP contribution in [0.5, 0.6) is 34.5 Å². The molecule has 0 radical (unpaired) electrons. The van der Waals surface area contributed by atoms with Gasteiger partial charge in [-0.15, -0.1) is 0 Å². The molecule has 12 heteroatoms. The fourth-order valence-corrected chi connectivity index (χ4v) is 5.22. The molecule has 0 bridgehead atoms. The molecule has 0 fully saturated rings. The molecule has 3 aromatic carbocycles. The maximum atomic E-state index is 12.2. The topological polar surface area (TPSA) is 200 Å². The maximum Gasteiger partial charge on any atom is 0.336 e. The van der Waals surface area contributed by atoms with E-state index in [1.807, 2.05) is 0 Å². The van der Waals surface area contributed by atoms with Gasteiger partial charge in [-0.25, -0.2) is 14.4 Å². The lowest BCUT2D eigenvalue weighted by atomic mass is 9.82. The molecule has 0 heterocycles. The number of benzene rings is 3. The van der Waals surface area contributed by atoms with Gasteiger partial charge in [-0.1, -0.05) is 6.42 Å². The van der Waals surface area contributed by atoms with Crippen molar-refractivity contribution in [3.8, 4) is 34.5 Å². The highest BCUT2D eigenvalue weighted by atomic mass is 16.5. The first kappa shape index (κ1) is 31.4. The smallest absolute Gasteiger partial charge is 0.336 e. The molecule has 1 atom stereocenters. The lowest BCUT2D eigenvalue weighted by Gasteiger charge is -2.24. The number of carboxylic acids is 3. The minimum Gasteiger partial charge on any atom is -0.504 e. The largest absolute Gasteiger partial charge is 0.504 e. The van der Waals surface area contributed by atoms with Crippen LogP contribution in [0.25, 0.3) is 0 Å². The van der Waals surface area contributed by atoms with Crippen LogP contribution < -0.4 is 14.2 Å². The number of hydrogen-bond donors (Lipinski definition) is 6. The number of ether oxygens (including phenoxy) is 3. The molecule has 1 unspecified atom stereocenters. The number of carboxylic acid groups (broad SMARTS) is 3. The van der Waals surface area contributed by atoms with Crippen molar-refractivity contribution in [3.05, 3.63) is 69.8 Å². The van der Waals surface area contributed by atoms with Gasteiger partial charge in [-0.05, 0) is 68.0 Å². The molecule has 0 aliphatic carbocycles. The van der Waals surface area contributed by atoms with Gasteiger partial charge in [0, 0.05) is 16.7 Å². The van der Waals surface area contributed by atoms with Crippen LogP contribution in [0.15, 0.2) is 36.4 Å². The predicted octanol–water partition coefficient (Wildman–Crippen LogP) is 4.66. The van der Waals surface area contributed by atoms with E-state index in [-0.39, 0.29) is 87.1 Å². The number of methoxy groups -OCH3 is 3. The second-order valence-corrected chi connectivity index (χ2v) is 9.43. The molecule has 0 saturated heterocycles. The van der Waals surface area contributed by atoms with Gasteiger partial charge in [-0.3, -0.25) is 0 Å². The van der Waals surface area contributed by atoms with Crippen molar-refractivity contribution in [2.24, 2.45) is 0 Å². The molecule has 0 aromatic heterocycles. The van der Waals surface area contributed by atoms with Crippen LogP contribution in [-0.4, -0.2) is 69.9 Å². The Morgan fingerprint density at radius 2 is 1.05 bits per heavy atom. The second kappa shape index (κ2) is 13.5. The van der Waals surface area contributed by atoms with Gasteiger partial charge < -0.3 is 44.8 Å². The molecule has 3 aromatic rings. The molecule has 3 rings (SSSR count). The predicted molar refractivity (Wildman–Crippen MR) is 149 cm³/mol. The standard InChI is InChI=1S/C30H32O12/c1-40-25-16(17(28(34)35)8-11-21(25)31)7-5-4-6-15(24-19(30(38)39)10-13-23(33)27(24)42-3)14-20-18(29(36)37)9-12-22(32)26(20)41-2/h8-13,15,31-33H,4-7,14H2,1-3H3,(H,34,35)(H,36,37)(H,38,39). The summed E-state index contributed by atoms with van der Waals surface area (Å²) in [6.45, 7) is 0. The quantitative estimate of drug-likeness (QED) is 0.143. The Labute approximate surface area is 241 Å². The fraction of sp³-hybridized carbons (Fsp3) is 0.300. The van der Waals surface area contributed by atoms with Crippen LogP contribution in [0.4, 0.5) is 0 Å². The van der Waals surface area contributed by atoms with E-state index in [2.05, 4.69) is 0 Å². The van der Waals surface area contributed by atoms with Gasteiger partial charge >= 0.3 is 17.9 Å². The minimum atomic E-state index is -1.30. The first-order valence-electron chi connectivity index (χ1n) is 12.8. The fourth-order valence-electron chi connectivity index (χ4n) is 5.22. The van der Waals surface area contributed by atoms with Gasteiger partial charge in [0.2, 0.25) is 0 Å². The molecule has 0 aliphatic heterocycles. The minimum absolute atomic E-state index is 0.0323. The summed E-state index contributed by atoms with van der Waals surface area (Å²) in [7, 11) is 3.84. The van der Waals surface area contributed by atoms with Crippen molar-refractivity contribution in [2.75, 3.05) is 21.3 Å². The van der Waals surface area contributed by atoms with E-state index in [0.29, 0.717) is 12.8 Å². The molecular formula is C30H32O12. The summed E-state index contributed by atoms with van der Waals surface area (Å²) in [4.78, 5) is 36.1. The number of hydrogen-bond acceptors (Lipinski definition) is 9. The lowest BCUT2D eigenvalue weighted by Crippen LogP contribution is -2.15. The Bertz CT molecular complexity index is 1490. The van der Waals surface area contributed by atoms with Crippen LogP contribution in [0, 0.1) is 0 Å². The summed E-state index contributed by atoms with van der Waals surface area (Å²) in [5, 5.41) is 60.5. The Kier molecular flexibility index (Phi) is 10.1.